The van der Waals surface area contributed by atoms with E-state index in [2.05, 4.69) is 21.2 Å². The third-order valence-corrected chi connectivity index (χ3v) is 5.82. The lowest BCUT2D eigenvalue weighted by Crippen LogP contribution is -2.54. The molecule has 2 atom stereocenters. The van der Waals surface area contributed by atoms with E-state index in [1.807, 2.05) is 66.7 Å². The summed E-state index contributed by atoms with van der Waals surface area (Å²) in [6, 6.07) is 24.2. The van der Waals surface area contributed by atoms with Gasteiger partial charge in [-0.05, 0) is 36.2 Å². The maximum absolute atomic E-state index is 13.5. The maximum atomic E-state index is 13.5. The van der Waals surface area contributed by atoms with Crippen LogP contribution in [0.25, 0.3) is 0 Å². The summed E-state index contributed by atoms with van der Waals surface area (Å²) < 4.78 is 11.7. The van der Waals surface area contributed by atoms with Gasteiger partial charge in [-0.15, -0.1) is 0 Å². The Labute approximate surface area is 191 Å². The van der Waals surface area contributed by atoms with E-state index in [4.69, 9.17) is 9.47 Å². The molecule has 0 amide bonds. The Morgan fingerprint density at radius 3 is 2.35 bits per heavy atom. The molecule has 0 aliphatic heterocycles. The molecule has 5 nitrogen and oxygen atoms in total. The largest absolute Gasteiger partial charge is 0.495 e. The first-order chi connectivity index (χ1) is 15.0. The van der Waals surface area contributed by atoms with Crippen molar-refractivity contribution in [3.8, 4) is 5.75 Å². The number of nitrogens with one attached hydrogen (secondary N) is 1. The topological polar surface area (TPSA) is 67.8 Å². The number of anilines is 1. The number of carbonyl (C=O) groups excluding carboxylic acids is 1. The summed E-state index contributed by atoms with van der Waals surface area (Å²) in [7, 11) is 1.56. The molecule has 0 aliphatic carbocycles. The number of carbonyl (C=O) groups is 1. The van der Waals surface area contributed by atoms with Crippen molar-refractivity contribution in [2.45, 2.75) is 25.0 Å². The highest BCUT2D eigenvalue weighted by Gasteiger charge is 2.48. The summed E-state index contributed by atoms with van der Waals surface area (Å²) in [4.78, 5) is 13.5. The SMILES string of the molecule is CCOC(=O)C(Cc1ccccc1)(Nc1ccccc1OC)C(O)c1ccccc1Br. The van der Waals surface area contributed by atoms with Crippen LogP contribution >= 0.6 is 15.9 Å². The summed E-state index contributed by atoms with van der Waals surface area (Å²) in [5.41, 5.74) is 0.536. The van der Waals surface area contributed by atoms with Crippen molar-refractivity contribution in [3.63, 3.8) is 0 Å². The minimum atomic E-state index is -1.50. The second-order valence-electron chi connectivity index (χ2n) is 7.10. The first kappa shape index (κ1) is 22.8. The molecule has 0 spiro atoms. The molecule has 0 aliphatic rings. The molecule has 0 saturated carbocycles. The molecule has 162 valence electrons. The van der Waals surface area contributed by atoms with E-state index in [9.17, 15) is 9.90 Å². The predicted molar refractivity (Wildman–Crippen MR) is 125 cm³/mol. The van der Waals surface area contributed by atoms with Crippen LogP contribution in [0.5, 0.6) is 5.75 Å². The number of aliphatic hydroxyl groups excluding tert-OH is 1. The van der Waals surface area contributed by atoms with Crippen LogP contribution in [0.15, 0.2) is 83.3 Å². The minimum absolute atomic E-state index is 0.186. The number of benzene rings is 3. The van der Waals surface area contributed by atoms with Gasteiger partial charge in [0, 0.05) is 10.9 Å². The van der Waals surface area contributed by atoms with Crippen LogP contribution in [-0.4, -0.2) is 30.3 Å². The highest BCUT2D eigenvalue weighted by molar-refractivity contribution is 9.10. The zero-order valence-electron chi connectivity index (χ0n) is 17.5. The molecule has 0 aromatic heterocycles. The van der Waals surface area contributed by atoms with Gasteiger partial charge in [-0.1, -0.05) is 76.6 Å². The van der Waals surface area contributed by atoms with Gasteiger partial charge in [-0.2, -0.15) is 0 Å². The first-order valence-electron chi connectivity index (χ1n) is 10.1. The zero-order valence-corrected chi connectivity index (χ0v) is 19.1. The molecule has 31 heavy (non-hydrogen) atoms. The molecule has 0 fully saturated rings. The van der Waals surface area contributed by atoms with Crippen molar-refractivity contribution < 1.29 is 19.4 Å². The molecule has 3 rings (SSSR count). The minimum Gasteiger partial charge on any atom is -0.495 e. The average Bonchev–Trinajstić information content (AvgIpc) is 2.79. The van der Waals surface area contributed by atoms with E-state index < -0.39 is 17.6 Å². The molecule has 0 heterocycles. The van der Waals surface area contributed by atoms with Gasteiger partial charge in [0.25, 0.3) is 0 Å². The fraction of sp³-hybridized carbons (Fsp3) is 0.240. The summed E-state index contributed by atoms with van der Waals surface area (Å²) in [6.45, 7) is 1.94. The third kappa shape index (κ3) is 5.09. The number of halogens is 1. The molecule has 2 N–H and O–H groups in total. The number of ether oxygens (including phenoxy) is 2. The third-order valence-electron chi connectivity index (χ3n) is 5.10. The van der Waals surface area contributed by atoms with E-state index in [0.29, 0.717) is 21.5 Å². The van der Waals surface area contributed by atoms with Crippen molar-refractivity contribution in [1.82, 2.24) is 0 Å². The summed E-state index contributed by atoms with van der Waals surface area (Å²) in [5.74, 6) is 0.0107. The Kier molecular flexibility index (Phi) is 7.71. The normalized spacial score (nSPS) is 13.7. The number of aliphatic hydroxyl groups is 1. The fourth-order valence-corrected chi connectivity index (χ4v) is 4.07. The lowest BCUT2D eigenvalue weighted by atomic mass is 9.81. The Morgan fingerprint density at radius 1 is 1.03 bits per heavy atom. The summed E-state index contributed by atoms with van der Waals surface area (Å²) >= 11 is 3.51. The van der Waals surface area contributed by atoms with Crippen LogP contribution < -0.4 is 10.1 Å². The van der Waals surface area contributed by atoms with Crippen LogP contribution in [-0.2, 0) is 16.0 Å². The van der Waals surface area contributed by atoms with E-state index >= 15 is 0 Å². The Bertz CT molecular complexity index is 1010. The van der Waals surface area contributed by atoms with Gasteiger partial charge >= 0.3 is 5.97 Å². The molecule has 3 aromatic rings. The molecule has 0 bridgehead atoms. The Hall–Kier alpha value is -2.83. The lowest BCUT2D eigenvalue weighted by Gasteiger charge is -2.38. The van der Waals surface area contributed by atoms with Crippen LogP contribution in [0.2, 0.25) is 0 Å². The Morgan fingerprint density at radius 2 is 1.68 bits per heavy atom. The van der Waals surface area contributed by atoms with Gasteiger partial charge < -0.3 is 19.9 Å². The Balaban J connectivity index is 2.19. The van der Waals surface area contributed by atoms with Crippen molar-refractivity contribution in [1.29, 1.82) is 0 Å². The van der Waals surface area contributed by atoms with Crippen LogP contribution in [0, 0.1) is 0 Å². The van der Waals surface area contributed by atoms with Crippen LogP contribution in [0.1, 0.15) is 24.2 Å². The molecule has 0 saturated heterocycles. The van der Waals surface area contributed by atoms with Gasteiger partial charge in [0.05, 0.1) is 19.4 Å². The van der Waals surface area contributed by atoms with Crippen LogP contribution in [0.3, 0.4) is 0 Å². The quantitative estimate of drug-likeness (QED) is 0.412. The molecule has 6 heteroatoms. The molecule has 3 aromatic carbocycles. The standard InChI is InChI=1S/C25H26BrNO4/c1-3-31-24(29)25(17-18-11-5-4-6-12-18,23(28)19-13-7-8-14-20(19)26)27-21-15-9-10-16-22(21)30-2/h4-16,23,27-28H,3,17H2,1-2H3. The number of para-hydroxylation sites is 2. The van der Waals surface area contributed by atoms with Crippen molar-refractivity contribution in [2.75, 3.05) is 19.0 Å². The van der Waals surface area contributed by atoms with Gasteiger partial charge in [0.2, 0.25) is 0 Å². The van der Waals surface area contributed by atoms with Crippen molar-refractivity contribution in [3.05, 3.63) is 94.5 Å². The zero-order chi connectivity index (χ0) is 22.3. The number of esters is 1. The second-order valence-corrected chi connectivity index (χ2v) is 7.96. The van der Waals surface area contributed by atoms with E-state index in [-0.39, 0.29) is 13.0 Å². The highest BCUT2D eigenvalue weighted by Crippen LogP contribution is 2.39. The average molecular weight is 484 g/mol. The predicted octanol–water partition coefficient (Wildman–Crippen LogP) is 5.15. The van der Waals surface area contributed by atoms with Crippen LogP contribution in [0.4, 0.5) is 5.69 Å². The number of rotatable bonds is 9. The highest BCUT2D eigenvalue weighted by atomic mass is 79.9. The van der Waals surface area contributed by atoms with Gasteiger partial charge in [0.1, 0.15) is 11.9 Å². The molecular formula is C25H26BrNO4. The van der Waals surface area contributed by atoms with E-state index in [1.165, 1.54) is 0 Å². The molecular weight excluding hydrogens is 458 g/mol. The first-order valence-corrected chi connectivity index (χ1v) is 10.9. The second kappa shape index (κ2) is 10.5. The summed E-state index contributed by atoms with van der Waals surface area (Å²) in [5, 5.41) is 15.0. The summed E-state index contributed by atoms with van der Waals surface area (Å²) in [6.07, 6.45) is -1.01. The smallest absolute Gasteiger partial charge is 0.335 e. The van der Waals surface area contributed by atoms with Gasteiger partial charge in [0.15, 0.2) is 5.54 Å². The van der Waals surface area contributed by atoms with Gasteiger partial charge in [-0.3, -0.25) is 0 Å². The van der Waals surface area contributed by atoms with E-state index in [0.717, 1.165) is 5.56 Å². The molecule has 0 radical (unpaired) electrons. The molecule has 2 unspecified atom stereocenters. The number of hydrogen-bond acceptors (Lipinski definition) is 5. The fourth-order valence-electron chi connectivity index (χ4n) is 3.57. The monoisotopic (exact) mass is 483 g/mol. The van der Waals surface area contributed by atoms with Crippen molar-refractivity contribution >= 4 is 27.6 Å². The number of methoxy groups -OCH3 is 1. The van der Waals surface area contributed by atoms with Gasteiger partial charge in [-0.25, -0.2) is 4.79 Å². The lowest BCUT2D eigenvalue weighted by molar-refractivity contribution is -0.153. The van der Waals surface area contributed by atoms with E-state index in [1.54, 1.807) is 26.2 Å². The van der Waals surface area contributed by atoms with Crippen molar-refractivity contribution in [2.24, 2.45) is 0 Å². The maximum Gasteiger partial charge on any atom is 0.335 e. The number of hydrogen-bond donors (Lipinski definition) is 2.